The molecule has 0 spiro atoms. The molecule has 2 aromatic carbocycles. The number of aromatic carboxylic acids is 1. The molecular formula is C16H15BrO3. The molecule has 4 heteroatoms. The normalized spacial score (nSPS) is 10.3. The van der Waals surface area contributed by atoms with Crippen LogP contribution in [0.25, 0.3) is 0 Å². The van der Waals surface area contributed by atoms with Crippen molar-refractivity contribution < 1.29 is 14.6 Å². The van der Waals surface area contributed by atoms with E-state index in [2.05, 4.69) is 15.9 Å². The van der Waals surface area contributed by atoms with Crippen molar-refractivity contribution in [2.75, 3.05) is 0 Å². The molecule has 0 radical (unpaired) electrons. The summed E-state index contributed by atoms with van der Waals surface area (Å²) < 4.78 is 6.26. The molecule has 2 rings (SSSR count). The molecule has 3 nitrogen and oxygen atoms in total. The van der Waals surface area contributed by atoms with E-state index in [0.29, 0.717) is 16.8 Å². The molecule has 0 aliphatic heterocycles. The van der Waals surface area contributed by atoms with Crippen molar-refractivity contribution in [3.05, 3.63) is 63.1 Å². The highest BCUT2D eigenvalue weighted by Crippen LogP contribution is 2.24. The minimum Gasteiger partial charge on any atom is -0.489 e. The van der Waals surface area contributed by atoms with Gasteiger partial charge in [0.2, 0.25) is 0 Å². The Kier molecular flexibility index (Phi) is 4.45. The van der Waals surface area contributed by atoms with E-state index in [1.54, 1.807) is 12.1 Å². The summed E-state index contributed by atoms with van der Waals surface area (Å²) in [4.78, 5) is 11.1. The minimum atomic E-state index is -0.977. The predicted molar refractivity (Wildman–Crippen MR) is 81.3 cm³/mol. The summed E-state index contributed by atoms with van der Waals surface area (Å²) in [6, 6.07) is 11.1. The smallest absolute Gasteiger partial charge is 0.336 e. The Hall–Kier alpha value is -1.81. The first-order chi connectivity index (χ1) is 9.49. The standard InChI is InChI=1S/C16H15BrO3/c1-10-4-3-5-11(2)14(10)9-20-12-6-7-15(17)13(8-12)16(18)19/h3-8H,9H2,1-2H3,(H,18,19). The van der Waals surface area contributed by atoms with Gasteiger partial charge in [-0.25, -0.2) is 4.79 Å². The van der Waals surface area contributed by atoms with Crippen molar-refractivity contribution in [1.29, 1.82) is 0 Å². The lowest BCUT2D eigenvalue weighted by molar-refractivity contribution is 0.0695. The lowest BCUT2D eigenvalue weighted by Gasteiger charge is -2.12. The molecule has 0 fully saturated rings. The molecule has 20 heavy (non-hydrogen) atoms. The highest BCUT2D eigenvalue weighted by molar-refractivity contribution is 9.10. The van der Waals surface area contributed by atoms with Crippen LogP contribution in [-0.2, 0) is 6.61 Å². The van der Waals surface area contributed by atoms with Crippen molar-refractivity contribution in [2.24, 2.45) is 0 Å². The third-order valence-electron chi connectivity index (χ3n) is 3.20. The van der Waals surface area contributed by atoms with E-state index in [9.17, 15) is 4.79 Å². The number of hydrogen-bond donors (Lipinski definition) is 1. The molecule has 0 aromatic heterocycles. The molecule has 104 valence electrons. The summed E-state index contributed by atoms with van der Waals surface area (Å²) in [5.74, 6) is -0.428. The predicted octanol–water partition coefficient (Wildman–Crippen LogP) is 4.34. The summed E-state index contributed by atoms with van der Waals surface area (Å²) >= 11 is 3.21. The van der Waals surface area contributed by atoms with Gasteiger partial charge in [0, 0.05) is 4.47 Å². The van der Waals surface area contributed by atoms with E-state index in [0.717, 1.165) is 5.56 Å². The Morgan fingerprint density at radius 3 is 2.45 bits per heavy atom. The summed E-state index contributed by atoms with van der Waals surface area (Å²) in [5, 5.41) is 9.08. The zero-order valence-corrected chi connectivity index (χ0v) is 12.9. The molecule has 2 aromatic rings. The van der Waals surface area contributed by atoms with Crippen molar-refractivity contribution >= 4 is 21.9 Å². The number of carbonyl (C=O) groups is 1. The van der Waals surface area contributed by atoms with E-state index in [4.69, 9.17) is 9.84 Å². The molecule has 1 N–H and O–H groups in total. The highest BCUT2D eigenvalue weighted by atomic mass is 79.9. The van der Waals surface area contributed by atoms with Gasteiger partial charge in [-0.2, -0.15) is 0 Å². The average molecular weight is 335 g/mol. The SMILES string of the molecule is Cc1cccc(C)c1COc1ccc(Br)c(C(=O)O)c1. The maximum absolute atomic E-state index is 11.1. The molecule has 0 aliphatic carbocycles. The highest BCUT2D eigenvalue weighted by Gasteiger charge is 2.10. The molecule has 0 heterocycles. The third kappa shape index (κ3) is 3.20. The van der Waals surface area contributed by atoms with Crippen LogP contribution in [0.15, 0.2) is 40.9 Å². The number of ether oxygens (including phenoxy) is 1. The first-order valence-corrected chi connectivity index (χ1v) is 6.99. The Bertz CT molecular complexity index is 630. The van der Waals surface area contributed by atoms with Gasteiger partial charge in [0.05, 0.1) is 5.56 Å². The topological polar surface area (TPSA) is 46.5 Å². The van der Waals surface area contributed by atoms with E-state index in [1.807, 2.05) is 32.0 Å². The number of carboxylic acid groups (broad SMARTS) is 1. The van der Waals surface area contributed by atoms with Crippen molar-refractivity contribution in [3.63, 3.8) is 0 Å². The van der Waals surface area contributed by atoms with Crippen LogP contribution in [-0.4, -0.2) is 11.1 Å². The van der Waals surface area contributed by atoms with Gasteiger partial charge in [-0.05, 0) is 64.7 Å². The van der Waals surface area contributed by atoms with Gasteiger partial charge in [0.15, 0.2) is 0 Å². The molecule has 0 saturated heterocycles. The summed E-state index contributed by atoms with van der Waals surface area (Å²) in [5.41, 5.74) is 3.66. The second kappa shape index (κ2) is 6.09. The molecule has 0 aliphatic rings. The summed E-state index contributed by atoms with van der Waals surface area (Å²) in [7, 11) is 0. The van der Waals surface area contributed by atoms with E-state index in [1.165, 1.54) is 17.2 Å². The van der Waals surface area contributed by atoms with Crippen LogP contribution in [0.3, 0.4) is 0 Å². The van der Waals surface area contributed by atoms with E-state index < -0.39 is 5.97 Å². The van der Waals surface area contributed by atoms with Crippen molar-refractivity contribution in [3.8, 4) is 5.75 Å². The fourth-order valence-corrected chi connectivity index (χ4v) is 2.41. The summed E-state index contributed by atoms with van der Waals surface area (Å²) in [6.07, 6.45) is 0. The third-order valence-corrected chi connectivity index (χ3v) is 3.89. The fourth-order valence-electron chi connectivity index (χ4n) is 1.99. The Morgan fingerprint density at radius 2 is 1.85 bits per heavy atom. The van der Waals surface area contributed by atoms with Crippen LogP contribution in [0, 0.1) is 13.8 Å². The van der Waals surface area contributed by atoms with Gasteiger partial charge in [0.25, 0.3) is 0 Å². The van der Waals surface area contributed by atoms with Crippen molar-refractivity contribution in [1.82, 2.24) is 0 Å². The number of hydrogen-bond acceptors (Lipinski definition) is 2. The van der Waals surface area contributed by atoms with Crippen molar-refractivity contribution in [2.45, 2.75) is 20.5 Å². The second-order valence-corrected chi connectivity index (χ2v) is 5.46. The van der Waals surface area contributed by atoms with Crippen LogP contribution >= 0.6 is 15.9 Å². The number of rotatable bonds is 4. The quantitative estimate of drug-likeness (QED) is 0.904. The minimum absolute atomic E-state index is 0.198. The molecule has 0 atom stereocenters. The second-order valence-electron chi connectivity index (χ2n) is 4.61. The van der Waals surface area contributed by atoms with E-state index in [-0.39, 0.29) is 5.56 Å². The maximum Gasteiger partial charge on any atom is 0.336 e. The van der Waals surface area contributed by atoms with Gasteiger partial charge in [0.1, 0.15) is 12.4 Å². The van der Waals surface area contributed by atoms with Gasteiger partial charge in [-0.1, -0.05) is 18.2 Å². The molecular weight excluding hydrogens is 320 g/mol. The fraction of sp³-hybridized carbons (Fsp3) is 0.188. The van der Waals surface area contributed by atoms with Gasteiger partial charge >= 0.3 is 5.97 Å². The lowest BCUT2D eigenvalue weighted by atomic mass is 10.0. The van der Waals surface area contributed by atoms with Crippen LogP contribution in [0.2, 0.25) is 0 Å². The molecule has 0 unspecified atom stereocenters. The first-order valence-electron chi connectivity index (χ1n) is 6.20. The first kappa shape index (κ1) is 14.6. The average Bonchev–Trinajstić information content (AvgIpc) is 2.39. The zero-order chi connectivity index (χ0) is 14.7. The van der Waals surface area contributed by atoms with Gasteiger partial charge < -0.3 is 9.84 Å². The molecule has 0 amide bonds. The van der Waals surface area contributed by atoms with E-state index >= 15 is 0 Å². The summed E-state index contributed by atoms with van der Waals surface area (Å²) in [6.45, 7) is 4.51. The number of halogens is 1. The number of carboxylic acids is 1. The Labute approximate surface area is 126 Å². The molecule has 0 bridgehead atoms. The lowest BCUT2D eigenvalue weighted by Crippen LogP contribution is -2.02. The molecule has 0 saturated carbocycles. The van der Waals surface area contributed by atoms with Crippen LogP contribution < -0.4 is 4.74 Å². The van der Waals surface area contributed by atoms with Gasteiger partial charge in [-0.3, -0.25) is 0 Å². The Morgan fingerprint density at radius 1 is 1.20 bits per heavy atom. The van der Waals surface area contributed by atoms with Gasteiger partial charge in [-0.15, -0.1) is 0 Å². The Balaban J connectivity index is 2.19. The monoisotopic (exact) mass is 334 g/mol. The maximum atomic E-state index is 11.1. The van der Waals surface area contributed by atoms with Crippen LogP contribution in [0.1, 0.15) is 27.0 Å². The van der Waals surface area contributed by atoms with Crippen LogP contribution in [0.4, 0.5) is 0 Å². The largest absolute Gasteiger partial charge is 0.489 e. The zero-order valence-electron chi connectivity index (χ0n) is 11.3. The van der Waals surface area contributed by atoms with Crippen LogP contribution in [0.5, 0.6) is 5.75 Å². The number of benzene rings is 2. The number of aryl methyl sites for hydroxylation is 2.